The minimum atomic E-state index is 0.0509. The van der Waals surface area contributed by atoms with E-state index in [1.807, 2.05) is 30.3 Å². The van der Waals surface area contributed by atoms with Crippen LogP contribution in [0.3, 0.4) is 0 Å². The van der Waals surface area contributed by atoms with Crippen molar-refractivity contribution in [3.63, 3.8) is 0 Å². The normalized spacial score (nSPS) is 10.6. The predicted molar refractivity (Wildman–Crippen MR) is 87.6 cm³/mol. The number of benzene rings is 1. The summed E-state index contributed by atoms with van der Waals surface area (Å²) < 4.78 is 0. The first-order valence-electron chi connectivity index (χ1n) is 7.13. The Labute approximate surface area is 132 Å². The van der Waals surface area contributed by atoms with Crippen molar-refractivity contribution in [2.75, 3.05) is 11.9 Å². The number of guanidine groups is 1. The maximum absolute atomic E-state index is 5.32. The second-order valence-corrected chi connectivity index (χ2v) is 4.88. The molecule has 0 saturated heterocycles. The van der Waals surface area contributed by atoms with Gasteiger partial charge in [-0.05, 0) is 5.56 Å². The molecule has 9 nitrogen and oxygen atoms in total. The molecule has 0 aliphatic rings. The Hall–Kier alpha value is -3.23. The number of fused-ring (bicyclic) bond motifs is 1. The molecule has 2 aromatic heterocycles. The van der Waals surface area contributed by atoms with Crippen molar-refractivity contribution < 1.29 is 0 Å². The van der Waals surface area contributed by atoms with Crippen LogP contribution in [-0.4, -0.2) is 37.9 Å². The zero-order chi connectivity index (χ0) is 16.1. The van der Waals surface area contributed by atoms with E-state index < -0.39 is 0 Å². The maximum Gasteiger partial charge on any atom is 0.207 e. The first-order valence-corrected chi connectivity index (χ1v) is 7.13. The molecule has 0 saturated carbocycles. The summed E-state index contributed by atoms with van der Waals surface area (Å²) in [5.74, 6) is 1.29. The largest absolute Gasteiger partial charge is 0.370 e. The van der Waals surface area contributed by atoms with Gasteiger partial charge < -0.3 is 16.8 Å². The van der Waals surface area contributed by atoms with Crippen LogP contribution in [-0.2, 0) is 13.0 Å². The van der Waals surface area contributed by atoms with E-state index in [1.54, 1.807) is 0 Å². The molecule has 2 heterocycles. The Balaban J connectivity index is 1.80. The lowest BCUT2D eigenvalue weighted by Crippen LogP contribution is -2.23. The van der Waals surface area contributed by atoms with Gasteiger partial charge in [0, 0.05) is 19.5 Å². The fourth-order valence-corrected chi connectivity index (χ4v) is 2.09. The van der Waals surface area contributed by atoms with Gasteiger partial charge >= 0.3 is 0 Å². The quantitative estimate of drug-likeness (QED) is 0.375. The van der Waals surface area contributed by atoms with Gasteiger partial charge in [0.1, 0.15) is 5.82 Å². The minimum Gasteiger partial charge on any atom is -0.370 e. The van der Waals surface area contributed by atoms with Crippen molar-refractivity contribution in [2.45, 2.75) is 13.0 Å². The van der Waals surface area contributed by atoms with Gasteiger partial charge in [-0.25, -0.2) is 9.97 Å². The molecule has 9 heteroatoms. The molecule has 0 spiro atoms. The highest BCUT2D eigenvalue weighted by Gasteiger charge is 2.11. The maximum atomic E-state index is 5.32. The SMILES string of the molecule is NC(N)=NCCc1nc(NCc2ccccc2)c2n[nH]nc2n1. The van der Waals surface area contributed by atoms with Crippen LogP contribution in [0.2, 0.25) is 0 Å². The fourth-order valence-electron chi connectivity index (χ4n) is 2.09. The summed E-state index contributed by atoms with van der Waals surface area (Å²) in [4.78, 5) is 12.8. The van der Waals surface area contributed by atoms with Crippen molar-refractivity contribution in [3.8, 4) is 0 Å². The number of hydrogen-bond donors (Lipinski definition) is 4. The minimum absolute atomic E-state index is 0.0509. The molecule has 3 aromatic rings. The highest BCUT2D eigenvalue weighted by atomic mass is 15.4. The molecule has 0 fully saturated rings. The Morgan fingerprint density at radius 2 is 1.96 bits per heavy atom. The van der Waals surface area contributed by atoms with Crippen molar-refractivity contribution in [2.24, 2.45) is 16.5 Å². The standard InChI is InChI=1S/C14H17N9/c15-14(16)17-7-6-10-19-12(11-13(20-10)22-23-21-11)18-8-9-4-2-1-3-5-9/h1-5H,6-8H2,(H4,15,16,17)(H2,18,19,20,21,22,23). The lowest BCUT2D eigenvalue weighted by atomic mass is 10.2. The number of aromatic amines is 1. The summed E-state index contributed by atoms with van der Waals surface area (Å²) in [6.07, 6.45) is 0.515. The van der Waals surface area contributed by atoms with Gasteiger partial charge in [0.15, 0.2) is 17.3 Å². The molecule has 118 valence electrons. The molecule has 3 rings (SSSR count). The molecule has 0 bridgehead atoms. The smallest absolute Gasteiger partial charge is 0.207 e. The molecular weight excluding hydrogens is 294 g/mol. The lowest BCUT2D eigenvalue weighted by Gasteiger charge is -2.07. The number of nitrogens with one attached hydrogen (secondary N) is 2. The van der Waals surface area contributed by atoms with Gasteiger partial charge in [0.25, 0.3) is 0 Å². The number of aromatic nitrogens is 5. The molecule has 1 aromatic carbocycles. The van der Waals surface area contributed by atoms with Crippen LogP contribution in [0, 0.1) is 0 Å². The van der Waals surface area contributed by atoms with Crippen LogP contribution in [0.1, 0.15) is 11.4 Å². The van der Waals surface area contributed by atoms with Crippen LogP contribution >= 0.6 is 0 Å². The van der Waals surface area contributed by atoms with E-state index in [0.29, 0.717) is 42.3 Å². The number of hydrogen-bond acceptors (Lipinski definition) is 6. The third-order valence-electron chi connectivity index (χ3n) is 3.16. The van der Waals surface area contributed by atoms with E-state index in [1.165, 1.54) is 0 Å². The van der Waals surface area contributed by atoms with Crippen molar-refractivity contribution in [1.29, 1.82) is 0 Å². The molecule has 0 aliphatic carbocycles. The van der Waals surface area contributed by atoms with E-state index in [2.05, 4.69) is 35.7 Å². The molecule has 0 atom stereocenters. The van der Waals surface area contributed by atoms with E-state index in [9.17, 15) is 0 Å². The molecule has 0 radical (unpaired) electrons. The van der Waals surface area contributed by atoms with Crippen LogP contribution in [0.25, 0.3) is 11.2 Å². The third kappa shape index (κ3) is 3.70. The Morgan fingerprint density at radius 3 is 2.74 bits per heavy atom. The molecule has 23 heavy (non-hydrogen) atoms. The van der Waals surface area contributed by atoms with E-state index in [-0.39, 0.29) is 5.96 Å². The van der Waals surface area contributed by atoms with E-state index >= 15 is 0 Å². The average molecular weight is 311 g/mol. The highest BCUT2D eigenvalue weighted by molar-refractivity contribution is 5.81. The molecule has 0 amide bonds. The van der Waals surface area contributed by atoms with Gasteiger partial charge in [-0.1, -0.05) is 30.3 Å². The summed E-state index contributed by atoms with van der Waals surface area (Å²) in [6.45, 7) is 1.05. The van der Waals surface area contributed by atoms with Gasteiger partial charge in [-0.2, -0.15) is 10.3 Å². The van der Waals surface area contributed by atoms with Gasteiger partial charge in [0.05, 0.1) is 0 Å². The second kappa shape index (κ2) is 6.69. The number of aliphatic imine (C=N–C) groups is 1. The Morgan fingerprint density at radius 1 is 1.13 bits per heavy atom. The van der Waals surface area contributed by atoms with Gasteiger partial charge in [0.2, 0.25) is 5.65 Å². The number of H-pyrrole nitrogens is 1. The Bertz CT molecular complexity index is 805. The topological polar surface area (TPSA) is 144 Å². The first kappa shape index (κ1) is 14.7. The summed E-state index contributed by atoms with van der Waals surface area (Å²) in [5, 5.41) is 14.0. The molecule has 6 N–H and O–H groups in total. The average Bonchev–Trinajstić information content (AvgIpc) is 3.02. The van der Waals surface area contributed by atoms with Crippen LogP contribution in [0.15, 0.2) is 35.3 Å². The monoisotopic (exact) mass is 311 g/mol. The molecule has 0 unspecified atom stereocenters. The zero-order valence-electron chi connectivity index (χ0n) is 12.4. The van der Waals surface area contributed by atoms with E-state index in [0.717, 1.165) is 5.56 Å². The van der Waals surface area contributed by atoms with Crippen molar-refractivity contribution >= 4 is 22.9 Å². The zero-order valence-corrected chi connectivity index (χ0v) is 12.4. The van der Waals surface area contributed by atoms with Crippen LogP contribution < -0.4 is 16.8 Å². The number of anilines is 1. The van der Waals surface area contributed by atoms with E-state index in [4.69, 9.17) is 11.5 Å². The summed E-state index contributed by atoms with van der Waals surface area (Å²) in [5.41, 5.74) is 12.9. The first-order chi connectivity index (χ1) is 11.2. The van der Waals surface area contributed by atoms with Crippen molar-refractivity contribution in [3.05, 3.63) is 41.7 Å². The van der Waals surface area contributed by atoms with Crippen molar-refractivity contribution in [1.82, 2.24) is 25.4 Å². The summed E-state index contributed by atoms with van der Waals surface area (Å²) in [7, 11) is 0. The fraction of sp³-hybridized carbons (Fsp3) is 0.214. The number of rotatable bonds is 6. The van der Waals surface area contributed by atoms with Gasteiger partial charge in [-0.15, -0.1) is 5.10 Å². The van der Waals surface area contributed by atoms with Crippen LogP contribution in [0.4, 0.5) is 5.82 Å². The van der Waals surface area contributed by atoms with Gasteiger partial charge in [-0.3, -0.25) is 4.99 Å². The predicted octanol–water partition coefficient (Wildman–Crippen LogP) is 0.176. The highest BCUT2D eigenvalue weighted by Crippen LogP contribution is 2.17. The third-order valence-corrected chi connectivity index (χ3v) is 3.16. The molecule has 0 aliphatic heterocycles. The molecular formula is C14H17N9. The van der Waals surface area contributed by atoms with Crippen LogP contribution in [0.5, 0.6) is 0 Å². The summed E-state index contributed by atoms with van der Waals surface area (Å²) in [6, 6.07) is 10.0. The summed E-state index contributed by atoms with van der Waals surface area (Å²) >= 11 is 0. The second-order valence-electron chi connectivity index (χ2n) is 4.88. The number of nitrogens with zero attached hydrogens (tertiary/aromatic N) is 5. The lowest BCUT2D eigenvalue weighted by molar-refractivity contribution is 0.871. The Kier molecular flexibility index (Phi) is 4.27. The number of nitrogens with two attached hydrogens (primary N) is 2.